The minimum atomic E-state index is 0.0599. The van der Waals surface area contributed by atoms with Crippen molar-refractivity contribution in [1.29, 1.82) is 0 Å². The summed E-state index contributed by atoms with van der Waals surface area (Å²) in [5.74, 6) is 1.41. The first-order valence-corrected chi connectivity index (χ1v) is 9.14. The Morgan fingerprint density at radius 3 is 2.79 bits per heavy atom. The van der Waals surface area contributed by atoms with Gasteiger partial charge in [-0.1, -0.05) is 41.9 Å². The Morgan fingerprint density at radius 2 is 1.92 bits per heavy atom. The van der Waals surface area contributed by atoms with Crippen molar-refractivity contribution in [2.75, 3.05) is 13.1 Å². The molecule has 4 nitrogen and oxygen atoms in total. The van der Waals surface area contributed by atoms with Gasteiger partial charge in [-0.2, -0.15) is 0 Å². The van der Waals surface area contributed by atoms with E-state index in [9.17, 15) is 4.79 Å². The van der Waals surface area contributed by atoms with E-state index in [1.54, 1.807) is 0 Å². The molecule has 0 saturated carbocycles. The molecule has 1 aliphatic heterocycles. The summed E-state index contributed by atoms with van der Waals surface area (Å²) in [6.07, 6.45) is 7.48. The molecule has 0 bridgehead atoms. The number of hydrogen-bond acceptors (Lipinski definition) is 3. The summed E-state index contributed by atoms with van der Waals surface area (Å²) in [6.45, 7) is 1.61. The Kier molecular flexibility index (Phi) is 4.37. The first-order valence-electron chi connectivity index (χ1n) is 9.14. The summed E-state index contributed by atoms with van der Waals surface area (Å²) in [5.41, 5.74) is 2.96. The minimum Gasteiger partial charge on any atom is -0.360 e. The van der Waals surface area contributed by atoms with Crippen LogP contribution >= 0.6 is 0 Å². The van der Waals surface area contributed by atoms with E-state index in [2.05, 4.69) is 29.4 Å². The Hall–Kier alpha value is -2.10. The monoisotopic (exact) mass is 324 g/mol. The molecule has 1 unspecified atom stereocenters. The van der Waals surface area contributed by atoms with Crippen LogP contribution in [-0.2, 0) is 12.8 Å². The normalized spacial score (nSPS) is 21.2. The molecule has 1 fully saturated rings. The molecule has 1 atom stereocenters. The van der Waals surface area contributed by atoms with Crippen LogP contribution < -0.4 is 0 Å². The number of carbonyl (C=O) groups is 1. The molecule has 0 radical (unpaired) electrons. The number of hydrogen-bond donors (Lipinski definition) is 0. The largest absolute Gasteiger partial charge is 0.360 e. The standard InChI is InChI=1S/C20H24N2O2/c23-20(19-17-11-4-5-12-18(17)24-21-19)22-13-7-6-10-16(14-22)15-8-2-1-3-9-15/h1-3,8-9,16H,4-7,10-14H2. The van der Waals surface area contributed by atoms with Gasteiger partial charge in [-0.3, -0.25) is 4.79 Å². The van der Waals surface area contributed by atoms with Gasteiger partial charge in [0.15, 0.2) is 5.69 Å². The first kappa shape index (κ1) is 15.4. The molecule has 4 rings (SSSR count). The first-order chi connectivity index (χ1) is 11.8. The van der Waals surface area contributed by atoms with Gasteiger partial charge in [0.2, 0.25) is 0 Å². The van der Waals surface area contributed by atoms with Crippen molar-refractivity contribution in [3.63, 3.8) is 0 Å². The smallest absolute Gasteiger partial charge is 0.276 e. The summed E-state index contributed by atoms with van der Waals surface area (Å²) in [4.78, 5) is 15.1. The van der Waals surface area contributed by atoms with Crippen LogP contribution in [0.4, 0.5) is 0 Å². The number of aromatic nitrogens is 1. The van der Waals surface area contributed by atoms with Crippen molar-refractivity contribution in [1.82, 2.24) is 10.1 Å². The molecule has 2 heterocycles. The van der Waals surface area contributed by atoms with Gasteiger partial charge in [0.1, 0.15) is 5.76 Å². The highest BCUT2D eigenvalue weighted by Gasteiger charge is 2.30. The second-order valence-electron chi connectivity index (χ2n) is 6.99. The van der Waals surface area contributed by atoms with Gasteiger partial charge in [0.25, 0.3) is 5.91 Å². The van der Waals surface area contributed by atoms with E-state index in [1.807, 2.05) is 11.0 Å². The number of amides is 1. The average Bonchev–Trinajstić information content (AvgIpc) is 2.91. The maximum absolute atomic E-state index is 13.1. The predicted octanol–water partition coefficient (Wildman–Crippen LogP) is 3.96. The van der Waals surface area contributed by atoms with E-state index < -0.39 is 0 Å². The third-order valence-electron chi connectivity index (χ3n) is 5.38. The zero-order valence-electron chi connectivity index (χ0n) is 14.0. The third-order valence-corrected chi connectivity index (χ3v) is 5.38. The van der Waals surface area contributed by atoms with Gasteiger partial charge in [-0.15, -0.1) is 0 Å². The number of fused-ring (bicyclic) bond motifs is 1. The van der Waals surface area contributed by atoms with Gasteiger partial charge < -0.3 is 9.42 Å². The highest BCUT2D eigenvalue weighted by Crippen LogP contribution is 2.29. The number of aryl methyl sites for hydroxylation is 1. The lowest BCUT2D eigenvalue weighted by Crippen LogP contribution is -2.35. The number of likely N-dealkylation sites (tertiary alicyclic amines) is 1. The molecule has 1 aromatic carbocycles. The molecule has 0 spiro atoms. The molecule has 2 aliphatic rings. The van der Waals surface area contributed by atoms with Crippen LogP contribution in [0.25, 0.3) is 0 Å². The minimum absolute atomic E-state index is 0.0599. The summed E-state index contributed by atoms with van der Waals surface area (Å²) in [6, 6.07) is 10.6. The van der Waals surface area contributed by atoms with Crippen LogP contribution in [0.15, 0.2) is 34.9 Å². The SMILES string of the molecule is O=C(c1noc2c1CCCC2)N1CCCCC(c2ccccc2)C1. The van der Waals surface area contributed by atoms with Crippen LogP contribution in [0.3, 0.4) is 0 Å². The van der Waals surface area contributed by atoms with Gasteiger partial charge in [0.05, 0.1) is 0 Å². The fourth-order valence-corrected chi connectivity index (χ4v) is 4.03. The van der Waals surface area contributed by atoms with E-state index >= 15 is 0 Å². The Bertz CT molecular complexity index is 708. The van der Waals surface area contributed by atoms with Gasteiger partial charge in [0, 0.05) is 31.0 Å². The molecule has 126 valence electrons. The predicted molar refractivity (Wildman–Crippen MR) is 92.1 cm³/mol. The topological polar surface area (TPSA) is 46.3 Å². The van der Waals surface area contributed by atoms with Crippen molar-refractivity contribution in [3.8, 4) is 0 Å². The molecule has 0 N–H and O–H groups in total. The van der Waals surface area contributed by atoms with Crippen molar-refractivity contribution in [2.45, 2.75) is 50.9 Å². The molecule has 24 heavy (non-hydrogen) atoms. The van der Waals surface area contributed by atoms with Crippen LogP contribution in [0.5, 0.6) is 0 Å². The van der Waals surface area contributed by atoms with Crippen LogP contribution in [0, 0.1) is 0 Å². The quantitative estimate of drug-likeness (QED) is 0.840. The molecule has 1 saturated heterocycles. The summed E-state index contributed by atoms with van der Waals surface area (Å²) in [7, 11) is 0. The van der Waals surface area contributed by atoms with E-state index in [0.717, 1.165) is 62.9 Å². The Balaban J connectivity index is 1.56. The van der Waals surface area contributed by atoms with Crippen molar-refractivity contribution in [2.24, 2.45) is 0 Å². The molecule has 2 aromatic rings. The highest BCUT2D eigenvalue weighted by molar-refractivity contribution is 5.94. The lowest BCUT2D eigenvalue weighted by molar-refractivity contribution is 0.0743. The summed E-state index contributed by atoms with van der Waals surface area (Å²) >= 11 is 0. The number of rotatable bonds is 2. The lowest BCUT2D eigenvalue weighted by atomic mass is 9.94. The van der Waals surface area contributed by atoms with Crippen LogP contribution in [-0.4, -0.2) is 29.1 Å². The van der Waals surface area contributed by atoms with Crippen LogP contribution in [0.1, 0.15) is 65.4 Å². The van der Waals surface area contributed by atoms with Crippen molar-refractivity contribution in [3.05, 3.63) is 52.9 Å². The summed E-state index contributed by atoms with van der Waals surface area (Å²) < 4.78 is 5.44. The van der Waals surface area contributed by atoms with E-state index in [4.69, 9.17) is 4.52 Å². The molecular formula is C20H24N2O2. The zero-order valence-corrected chi connectivity index (χ0v) is 14.0. The number of benzene rings is 1. The summed E-state index contributed by atoms with van der Waals surface area (Å²) in [5, 5.41) is 4.14. The lowest BCUT2D eigenvalue weighted by Gasteiger charge is -2.24. The van der Waals surface area contributed by atoms with Gasteiger partial charge >= 0.3 is 0 Å². The molecular weight excluding hydrogens is 300 g/mol. The van der Waals surface area contributed by atoms with Crippen molar-refractivity contribution < 1.29 is 9.32 Å². The fourth-order valence-electron chi connectivity index (χ4n) is 4.03. The molecule has 1 aliphatic carbocycles. The number of carbonyl (C=O) groups excluding carboxylic acids is 1. The molecule has 1 amide bonds. The molecule has 1 aromatic heterocycles. The van der Waals surface area contributed by atoms with Gasteiger partial charge in [-0.25, -0.2) is 0 Å². The number of nitrogens with zero attached hydrogens (tertiary/aromatic N) is 2. The van der Waals surface area contributed by atoms with Crippen molar-refractivity contribution >= 4 is 5.91 Å². The zero-order chi connectivity index (χ0) is 16.4. The Labute approximate surface area is 142 Å². The molecule has 4 heteroatoms. The maximum Gasteiger partial charge on any atom is 0.276 e. The second kappa shape index (κ2) is 6.80. The highest BCUT2D eigenvalue weighted by atomic mass is 16.5. The Morgan fingerprint density at radius 1 is 1.08 bits per heavy atom. The van der Waals surface area contributed by atoms with Crippen LogP contribution in [0.2, 0.25) is 0 Å². The van der Waals surface area contributed by atoms with Gasteiger partial charge in [-0.05, 0) is 37.7 Å². The fraction of sp³-hybridized carbons (Fsp3) is 0.500. The maximum atomic E-state index is 13.1. The second-order valence-corrected chi connectivity index (χ2v) is 6.99. The van der Waals surface area contributed by atoms with E-state index in [1.165, 1.54) is 12.0 Å². The average molecular weight is 324 g/mol. The van der Waals surface area contributed by atoms with E-state index in [-0.39, 0.29) is 5.91 Å². The third kappa shape index (κ3) is 2.97. The van der Waals surface area contributed by atoms with E-state index in [0.29, 0.717) is 11.6 Å².